The Balaban J connectivity index is 4.23. The van der Waals surface area contributed by atoms with Gasteiger partial charge in [0.15, 0.2) is 0 Å². The molecule has 2 unspecified atom stereocenters. The molecule has 0 amide bonds. The maximum Gasteiger partial charge on any atom is 0.306 e. The second kappa shape index (κ2) is 25.0. The molecule has 0 radical (unpaired) electrons. The van der Waals surface area contributed by atoms with Crippen molar-refractivity contribution in [2.45, 2.75) is 167 Å². The van der Waals surface area contributed by atoms with Crippen molar-refractivity contribution in [2.24, 2.45) is 0 Å². The highest BCUT2D eigenvalue weighted by Crippen LogP contribution is 2.19. The van der Waals surface area contributed by atoms with E-state index in [9.17, 15) is 14.7 Å². The third-order valence-electron chi connectivity index (χ3n) is 6.65. The molecule has 0 rings (SSSR count). The average Bonchev–Trinajstić information content (AvgIpc) is 2.83. The molecule has 0 bridgehead atoms. The molecule has 0 aromatic heterocycles. The molecule has 0 aromatic carbocycles. The van der Waals surface area contributed by atoms with Gasteiger partial charge in [0.05, 0.1) is 13.2 Å². The van der Waals surface area contributed by atoms with Crippen LogP contribution >= 0.6 is 0 Å². The van der Waals surface area contributed by atoms with E-state index in [0.717, 1.165) is 64.2 Å². The van der Waals surface area contributed by atoms with Crippen LogP contribution in [0.4, 0.5) is 0 Å². The van der Waals surface area contributed by atoms with Gasteiger partial charge in [0.1, 0.15) is 6.10 Å². The van der Waals surface area contributed by atoms with Crippen LogP contribution in [0.15, 0.2) is 0 Å². The smallest absolute Gasteiger partial charge is 0.306 e. The molecule has 0 aliphatic heterocycles. The molecule has 0 aromatic rings. The van der Waals surface area contributed by atoms with E-state index in [0.29, 0.717) is 19.3 Å². The predicted octanol–water partition coefficient (Wildman–Crippen LogP) is 8.05. The molecule has 1 N–H and O–H groups in total. The van der Waals surface area contributed by atoms with E-state index in [1.54, 1.807) is 0 Å². The Morgan fingerprint density at radius 2 is 1.00 bits per heavy atom. The van der Waals surface area contributed by atoms with E-state index in [1.165, 1.54) is 64.9 Å². The Kier molecular flexibility index (Phi) is 24.2. The molecule has 0 saturated heterocycles. The van der Waals surface area contributed by atoms with E-state index in [1.807, 2.05) is 0 Å². The molecule has 2 atom stereocenters. The summed E-state index contributed by atoms with van der Waals surface area (Å²) in [6, 6.07) is 0. The first-order chi connectivity index (χ1) is 16.5. The quantitative estimate of drug-likeness (QED) is 0.105. The van der Waals surface area contributed by atoms with Crippen LogP contribution in [0.5, 0.6) is 0 Å². The molecular formula is C29H56O5. The predicted molar refractivity (Wildman–Crippen MR) is 141 cm³/mol. The Morgan fingerprint density at radius 1 is 0.588 bits per heavy atom. The molecule has 0 saturated carbocycles. The number of carbonyl (C=O) groups is 2. The Bertz CT molecular complexity index is 465. The molecule has 0 aliphatic rings. The maximum absolute atomic E-state index is 12.4. The Hall–Kier alpha value is -1.10. The van der Waals surface area contributed by atoms with E-state index in [-0.39, 0.29) is 18.0 Å². The highest BCUT2D eigenvalue weighted by molar-refractivity contribution is 5.69. The molecule has 202 valence electrons. The SMILES string of the molecule is CCCCCCCCCC(=O)OC(CCCCCCCC)C(O)CCCCCCCC(=O)OC. The number of aliphatic hydroxyl groups excluding tert-OH is 1. The van der Waals surface area contributed by atoms with Crippen molar-refractivity contribution in [1.29, 1.82) is 0 Å². The van der Waals surface area contributed by atoms with Crippen LogP contribution < -0.4 is 0 Å². The van der Waals surface area contributed by atoms with Crippen LogP contribution in [0.2, 0.25) is 0 Å². The van der Waals surface area contributed by atoms with Crippen LogP contribution in [0.3, 0.4) is 0 Å². The van der Waals surface area contributed by atoms with Crippen LogP contribution in [0, 0.1) is 0 Å². The third-order valence-corrected chi connectivity index (χ3v) is 6.65. The minimum atomic E-state index is -0.580. The highest BCUT2D eigenvalue weighted by atomic mass is 16.6. The van der Waals surface area contributed by atoms with Crippen LogP contribution in [-0.4, -0.2) is 36.4 Å². The third kappa shape index (κ3) is 21.4. The minimum absolute atomic E-state index is 0.147. The fourth-order valence-electron chi connectivity index (χ4n) is 4.35. The van der Waals surface area contributed by atoms with Crippen molar-refractivity contribution in [3.63, 3.8) is 0 Å². The van der Waals surface area contributed by atoms with Crippen molar-refractivity contribution in [2.75, 3.05) is 7.11 Å². The standard InChI is InChI=1S/C29H56O5/c1-4-6-8-10-12-16-21-25-29(32)34-27(23-19-15-11-9-7-5-2)26(30)22-18-14-13-17-20-24-28(31)33-3/h26-27,30H,4-25H2,1-3H3. The lowest BCUT2D eigenvalue weighted by Gasteiger charge is -2.23. The summed E-state index contributed by atoms with van der Waals surface area (Å²) in [6.45, 7) is 4.44. The van der Waals surface area contributed by atoms with Gasteiger partial charge in [-0.05, 0) is 32.1 Å². The zero-order valence-electron chi connectivity index (χ0n) is 22.8. The summed E-state index contributed by atoms with van der Waals surface area (Å²) in [6.07, 6.45) is 21.7. The first-order valence-electron chi connectivity index (χ1n) is 14.5. The topological polar surface area (TPSA) is 72.8 Å². The van der Waals surface area contributed by atoms with Gasteiger partial charge in [0, 0.05) is 12.8 Å². The molecular weight excluding hydrogens is 428 g/mol. The van der Waals surface area contributed by atoms with E-state index in [4.69, 9.17) is 4.74 Å². The fraction of sp³-hybridized carbons (Fsp3) is 0.931. The highest BCUT2D eigenvalue weighted by Gasteiger charge is 2.22. The van der Waals surface area contributed by atoms with E-state index < -0.39 is 6.10 Å². The zero-order chi connectivity index (χ0) is 25.3. The summed E-state index contributed by atoms with van der Waals surface area (Å²) in [7, 11) is 1.42. The first-order valence-corrected chi connectivity index (χ1v) is 14.5. The summed E-state index contributed by atoms with van der Waals surface area (Å²) in [5.74, 6) is -0.294. The van der Waals surface area contributed by atoms with E-state index in [2.05, 4.69) is 18.6 Å². The largest absolute Gasteiger partial charge is 0.469 e. The van der Waals surface area contributed by atoms with Crippen LogP contribution in [-0.2, 0) is 19.1 Å². The Morgan fingerprint density at radius 3 is 1.50 bits per heavy atom. The van der Waals surface area contributed by atoms with Crippen LogP contribution in [0.1, 0.15) is 155 Å². The summed E-state index contributed by atoms with van der Waals surface area (Å²) in [5, 5.41) is 10.8. The summed E-state index contributed by atoms with van der Waals surface area (Å²) >= 11 is 0. The van der Waals surface area contributed by atoms with Gasteiger partial charge in [0.25, 0.3) is 0 Å². The molecule has 5 heteroatoms. The van der Waals surface area contributed by atoms with Gasteiger partial charge in [-0.2, -0.15) is 0 Å². The second-order valence-electron chi connectivity index (χ2n) is 9.91. The van der Waals surface area contributed by atoms with Crippen molar-refractivity contribution in [3.8, 4) is 0 Å². The van der Waals surface area contributed by atoms with Gasteiger partial charge in [0.2, 0.25) is 0 Å². The molecule has 0 spiro atoms. The maximum atomic E-state index is 12.4. The fourth-order valence-corrected chi connectivity index (χ4v) is 4.35. The van der Waals surface area contributed by atoms with Gasteiger partial charge < -0.3 is 14.6 Å². The number of hydrogen-bond donors (Lipinski definition) is 1. The number of rotatable bonds is 25. The number of hydrogen-bond acceptors (Lipinski definition) is 5. The molecule has 34 heavy (non-hydrogen) atoms. The van der Waals surface area contributed by atoms with E-state index >= 15 is 0 Å². The number of unbranched alkanes of at least 4 members (excludes halogenated alkanes) is 15. The number of carbonyl (C=O) groups excluding carboxylic acids is 2. The van der Waals surface area contributed by atoms with Crippen molar-refractivity contribution < 1.29 is 24.2 Å². The molecule has 5 nitrogen and oxygen atoms in total. The lowest BCUT2D eigenvalue weighted by molar-refractivity contribution is -0.156. The van der Waals surface area contributed by atoms with Crippen molar-refractivity contribution >= 4 is 11.9 Å². The van der Waals surface area contributed by atoms with Gasteiger partial charge in [-0.3, -0.25) is 9.59 Å². The summed E-state index contributed by atoms with van der Waals surface area (Å²) in [4.78, 5) is 23.6. The molecule has 0 aliphatic carbocycles. The van der Waals surface area contributed by atoms with Crippen molar-refractivity contribution in [3.05, 3.63) is 0 Å². The normalized spacial score (nSPS) is 12.9. The lowest BCUT2D eigenvalue weighted by Crippen LogP contribution is -2.31. The summed E-state index contributed by atoms with van der Waals surface area (Å²) < 4.78 is 10.4. The zero-order valence-corrected chi connectivity index (χ0v) is 22.8. The number of esters is 2. The van der Waals surface area contributed by atoms with Crippen molar-refractivity contribution in [1.82, 2.24) is 0 Å². The number of methoxy groups -OCH3 is 1. The average molecular weight is 485 g/mol. The van der Waals surface area contributed by atoms with Gasteiger partial charge >= 0.3 is 11.9 Å². The Labute approximate surface area is 210 Å². The van der Waals surface area contributed by atoms with Gasteiger partial charge in [-0.25, -0.2) is 0 Å². The molecule has 0 heterocycles. The van der Waals surface area contributed by atoms with Crippen LogP contribution in [0.25, 0.3) is 0 Å². The summed E-state index contributed by atoms with van der Waals surface area (Å²) in [5.41, 5.74) is 0. The number of aliphatic hydroxyl groups is 1. The second-order valence-corrected chi connectivity index (χ2v) is 9.91. The minimum Gasteiger partial charge on any atom is -0.469 e. The van der Waals surface area contributed by atoms with Gasteiger partial charge in [-0.15, -0.1) is 0 Å². The lowest BCUT2D eigenvalue weighted by atomic mass is 9.99. The first kappa shape index (κ1) is 32.9. The van der Waals surface area contributed by atoms with Gasteiger partial charge in [-0.1, -0.05) is 110 Å². The molecule has 0 fully saturated rings. The number of ether oxygens (including phenoxy) is 2. The monoisotopic (exact) mass is 484 g/mol.